The highest BCUT2D eigenvalue weighted by Crippen LogP contribution is 2.35. The summed E-state index contributed by atoms with van der Waals surface area (Å²) in [5.41, 5.74) is -1.80. The second-order valence-electron chi connectivity index (χ2n) is 8.86. The Hall–Kier alpha value is -3.44. The molecule has 1 fully saturated rings. The topological polar surface area (TPSA) is 98.7 Å². The first-order valence-corrected chi connectivity index (χ1v) is 11.2. The molecule has 2 amide bonds. The molecule has 2 N–H and O–H groups in total. The van der Waals surface area contributed by atoms with E-state index in [0.717, 1.165) is 11.0 Å². The first kappa shape index (κ1) is 24.7. The lowest BCUT2D eigenvalue weighted by Crippen LogP contribution is -2.52. The Kier molecular flexibility index (Phi) is 6.56. The number of rotatable bonds is 5. The third-order valence-electron chi connectivity index (χ3n) is 6.50. The number of hydrogen-bond donors (Lipinski definition) is 2. The Morgan fingerprint density at radius 1 is 1.11 bits per heavy atom. The quantitative estimate of drug-likeness (QED) is 0.599. The van der Waals surface area contributed by atoms with E-state index < -0.39 is 41.5 Å². The molecule has 0 spiro atoms. The molecule has 0 unspecified atom stereocenters. The van der Waals surface area contributed by atoms with Gasteiger partial charge in [0.1, 0.15) is 17.5 Å². The van der Waals surface area contributed by atoms with Crippen molar-refractivity contribution in [3.8, 4) is 0 Å². The predicted molar refractivity (Wildman–Crippen MR) is 117 cm³/mol. The summed E-state index contributed by atoms with van der Waals surface area (Å²) in [7, 11) is 0. The molecule has 0 radical (unpaired) electrons. The van der Waals surface area contributed by atoms with E-state index in [1.165, 1.54) is 17.0 Å². The van der Waals surface area contributed by atoms with Gasteiger partial charge in [0.25, 0.3) is 12.3 Å². The Balaban J connectivity index is 1.53. The summed E-state index contributed by atoms with van der Waals surface area (Å²) >= 11 is 0. The zero-order valence-electron chi connectivity index (χ0n) is 19.2. The van der Waals surface area contributed by atoms with Crippen LogP contribution >= 0.6 is 0 Å². The van der Waals surface area contributed by atoms with Gasteiger partial charge in [-0.25, -0.2) is 32.3 Å². The van der Waals surface area contributed by atoms with Crippen LogP contribution in [-0.2, 0) is 17.9 Å². The van der Waals surface area contributed by atoms with E-state index in [2.05, 4.69) is 15.3 Å². The zero-order chi connectivity index (χ0) is 25.5. The number of aromatic nitrogens is 2. The number of hydrogen-bond acceptors (Lipinski definition) is 5. The number of anilines is 1. The van der Waals surface area contributed by atoms with E-state index in [0.29, 0.717) is 22.9 Å². The molecular formula is C23H25F4N5O3. The van der Waals surface area contributed by atoms with Crippen molar-refractivity contribution >= 4 is 17.8 Å². The highest BCUT2D eigenvalue weighted by molar-refractivity contribution is 5.86. The Labute approximate surface area is 199 Å². The number of alkyl halides is 3. The summed E-state index contributed by atoms with van der Waals surface area (Å²) in [5.74, 6) is -1.06. The molecule has 1 saturated heterocycles. The van der Waals surface area contributed by atoms with Crippen LogP contribution in [0.2, 0.25) is 0 Å². The largest absolute Gasteiger partial charge is 0.465 e. The number of carbonyl (C=O) groups excluding carboxylic acids is 1. The molecule has 8 nitrogen and oxygen atoms in total. The van der Waals surface area contributed by atoms with Crippen LogP contribution in [0.3, 0.4) is 0 Å². The minimum Gasteiger partial charge on any atom is -0.465 e. The lowest BCUT2D eigenvalue weighted by atomic mass is 9.92. The summed E-state index contributed by atoms with van der Waals surface area (Å²) in [4.78, 5) is 35.2. The number of benzene rings is 1. The van der Waals surface area contributed by atoms with Gasteiger partial charge >= 0.3 is 6.09 Å². The van der Waals surface area contributed by atoms with Gasteiger partial charge in [-0.2, -0.15) is 0 Å². The lowest BCUT2D eigenvalue weighted by Gasteiger charge is -2.36. The number of carbonyl (C=O) groups is 2. The number of fused-ring (bicyclic) bond motifs is 1. The number of nitrogens with zero attached hydrogens (tertiary/aromatic N) is 4. The van der Waals surface area contributed by atoms with Crippen LogP contribution in [0.25, 0.3) is 0 Å². The van der Waals surface area contributed by atoms with Crippen molar-refractivity contribution < 1.29 is 32.3 Å². The Morgan fingerprint density at radius 2 is 1.77 bits per heavy atom. The van der Waals surface area contributed by atoms with Crippen molar-refractivity contribution in [2.45, 2.75) is 57.9 Å². The van der Waals surface area contributed by atoms with Crippen molar-refractivity contribution in [3.63, 3.8) is 0 Å². The monoisotopic (exact) mass is 495 g/mol. The fourth-order valence-corrected chi connectivity index (χ4v) is 4.55. The highest BCUT2D eigenvalue weighted by Gasteiger charge is 2.46. The van der Waals surface area contributed by atoms with E-state index >= 15 is 4.39 Å². The van der Waals surface area contributed by atoms with Gasteiger partial charge in [0.15, 0.2) is 5.67 Å². The lowest BCUT2D eigenvalue weighted by molar-refractivity contribution is -0.147. The number of aryl methyl sites for hydroxylation is 1. The Bertz CT molecular complexity index is 1150. The number of nitrogens with one attached hydrogen (secondary N) is 1. The maximum atomic E-state index is 15.5. The summed E-state index contributed by atoms with van der Waals surface area (Å²) in [6.45, 7) is 3.14. The highest BCUT2D eigenvalue weighted by atomic mass is 19.3. The molecule has 1 atom stereocenters. The maximum absolute atomic E-state index is 15.5. The summed E-state index contributed by atoms with van der Waals surface area (Å²) in [6, 6.07) is 3.05. The minimum absolute atomic E-state index is 0.0113. The van der Waals surface area contributed by atoms with Crippen LogP contribution in [0, 0.1) is 12.7 Å². The van der Waals surface area contributed by atoms with E-state index in [1.807, 2.05) is 0 Å². The normalized spacial score (nSPS) is 17.9. The zero-order valence-corrected chi connectivity index (χ0v) is 19.2. The maximum Gasteiger partial charge on any atom is 0.407 e. The molecule has 2 aromatic rings. The number of amides is 2. The van der Waals surface area contributed by atoms with Crippen molar-refractivity contribution in [3.05, 3.63) is 52.2 Å². The van der Waals surface area contributed by atoms with Crippen LogP contribution in [0.15, 0.2) is 18.2 Å². The smallest absolute Gasteiger partial charge is 0.407 e. The molecular weight excluding hydrogens is 470 g/mol. The van der Waals surface area contributed by atoms with E-state index in [-0.39, 0.29) is 44.6 Å². The molecule has 1 aromatic carbocycles. The van der Waals surface area contributed by atoms with Gasteiger partial charge < -0.3 is 20.2 Å². The summed E-state index contributed by atoms with van der Waals surface area (Å²) < 4.78 is 56.3. The van der Waals surface area contributed by atoms with Gasteiger partial charge in [-0.3, -0.25) is 4.79 Å². The predicted octanol–water partition coefficient (Wildman–Crippen LogP) is 4.36. The van der Waals surface area contributed by atoms with Crippen LogP contribution < -0.4 is 5.32 Å². The van der Waals surface area contributed by atoms with Gasteiger partial charge in [-0.1, -0.05) is 18.2 Å². The van der Waals surface area contributed by atoms with Crippen molar-refractivity contribution in [2.75, 3.05) is 18.4 Å². The third-order valence-corrected chi connectivity index (χ3v) is 6.50. The van der Waals surface area contributed by atoms with E-state index in [1.54, 1.807) is 13.8 Å². The van der Waals surface area contributed by atoms with Crippen LogP contribution in [0.5, 0.6) is 0 Å². The average molecular weight is 495 g/mol. The number of likely N-dealkylation sites (tertiary alicyclic amines) is 1. The van der Waals surface area contributed by atoms with Gasteiger partial charge in [0, 0.05) is 37.1 Å². The van der Waals surface area contributed by atoms with Crippen LogP contribution in [0.4, 0.5) is 28.2 Å². The summed E-state index contributed by atoms with van der Waals surface area (Å²) in [5, 5.41) is 12.1. The standard InChI is InChI=1S/C23H25F4N5O3/c1-12(14-4-3-5-15(18(14)24)19(25)26)28-20-16-10-32(11-17(16)29-13(2)30-20)21(33)23(27)6-8-31(9-7-23)22(34)35/h3-5,12,19H,6-11H2,1-2H3,(H,34,35)(H,28,29,30)/t12-/m1/s1. The number of carboxylic acid groups (broad SMARTS) is 1. The SMILES string of the molecule is Cc1nc2c(c(N[C@H](C)c3cccc(C(F)F)c3F)n1)CN(C(=O)C1(F)CCN(C(=O)O)CC1)C2. The first-order valence-electron chi connectivity index (χ1n) is 11.2. The van der Waals surface area contributed by atoms with Gasteiger partial charge in [-0.05, 0) is 13.8 Å². The third kappa shape index (κ3) is 4.73. The molecule has 0 aliphatic carbocycles. The average Bonchev–Trinajstić information content (AvgIpc) is 3.22. The van der Waals surface area contributed by atoms with Gasteiger partial charge in [-0.15, -0.1) is 0 Å². The minimum atomic E-state index is -2.96. The van der Waals surface area contributed by atoms with Crippen LogP contribution in [0.1, 0.15) is 60.4 Å². The molecule has 0 saturated carbocycles. The second-order valence-corrected chi connectivity index (χ2v) is 8.86. The van der Waals surface area contributed by atoms with Crippen LogP contribution in [-0.4, -0.2) is 55.6 Å². The Morgan fingerprint density at radius 3 is 2.40 bits per heavy atom. The van der Waals surface area contributed by atoms with Gasteiger partial charge in [0.2, 0.25) is 0 Å². The second kappa shape index (κ2) is 9.31. The fraction of sp³-hybridized carbons (Fsp3) is 0.478. The molecule has 2 aliphatic rings. The fourth-order valence-electron chi connectivity index (χ4n) is 4.55. The molecule has 35 heavy (non-hydrogen) atoms. The molecule has 4 rings (SSSR count). The first-order chi connectivity index (χ1) is 16.5. The van der Waals surface area contributed by atoms with Crippen molar-refractivity contribution in [2.24, 2.45) is 0 Å². The van der Waals surface area contributed by atoms with Crippen molar-refractivity contribution in [1.82, 2.24) is 19.8 Å². The molecule has 12 heteroatoms. The molecule has 2 aliphatic heterocycles. The van der Waals surface area contributed by atoms with E-state index in [4.69, 9.17) is 5.11 Å². The number of piperidine rings is 1. The number of halogens is 4. The van der Waals surface area contributed by atoms with Gasteiger partial charge in [0.05, 0.1) is 30.4 Å². The molecule has 3 heterocycles. The van der Waals surface area contributed by atoms with Crippen molar-refractivity contribution in [1.29, 1.82) is 0 Å². The summed E-state index contributed by atoms with van der Waals surface area (Å²) in [6.07, 6.45) is -4.59. The molecule has 0 bridgehead atoms. The molecule has 1 aromatic heterocycles. The van der Waals surface area contributed by atoms with E-state index in [9.17, 15) is 22.8 Å². The molecule has 188 valence electrons.